The van der Waals surface area contributed by atoms with Gasteiger partial charge in [-0.2, -0.15) is 0 Å². The van der Waals surface area contributed by atoms with Crippen LogP contribution in [0.2, 0.25) is 0 Å². The van der Waals surface area contributed by atoms with Gasteiger partial charge in [0.1, 0.15) is 5.75 Å². The van der Waals surface area contributed by atoms with Gasteiger partial charge in [0.2, 0.25) is 11.5 Å². The molecule has 9 heteroatoms. The number of nitrogens with one attached hydrogen (secondary N) is 2. The highest BCUT2D eigenvalue weighted by Gasteiger charge is 2.15. The van der Waals surface area contributed by atoms with Crippen LogP contribution in [0.1, 0.15) is 20.8 Å². The van der Waals surface area contributed by atoms with Gasteiger partial charge in [0.25, 0.3) is 11.8 Å². The number of nitrogen functional groups attached to an aromatic ring is 1. The first kappa shape index (κ1) is 15.3. The number of hydrogen-bond donors (Lipinski definition) is 3. The third kappa shape index (κ3) is 3.72. The summed E-state index contributed by atoms with van der Waals surface area (Å²) in [5.41, 5.74) is 5.77. The van der Waals surface area contributed by atoms with Crippen LogP contribution in [0.4, 0.5) is 5.82 Å². The molecule has 0 radical (unpaired) electrons. The minimum atomic E-state index is -0.519. The van der Waals surface area contributed by atoms with Crippen molar-refractivity contribution in [1.29, 1.82) is 0 Å². The van der Waals surface area contributed by atoms with Crippen molar-refractivity contribution in [2.24, 2.45) is 0 Å². The topological polar surface area (TPSA) is 132 Å². The third-order valence-electron chi connectivity index (χ3n) is 2.76. The summed E-state index contributed by atoms with van der Waals surface area (Å²) < 4.78 is 9.37. The van der Waals surface area contributed by atoms with Gasteiger partial charge in [-0.25, -0.2) is 4.63 Å². The number of carbonyl (C=O) groups excluding carboxylic acids is 2. The van der Waals surface area contributed by atoms with Crippen LogP contribution in [0, 0.1) is 0 Å². The summed E-state index contributed by atoms with van der Waals surface area (Å²) >= 11 is 0. The quantitative estimate of drug-likeness (QED) is 0.630. The standard InChI is InChI=1S/C13H15N5O4/c1-21-9-4-2-3-8(7-9)12(19)15-5-6-16-13(20)10-11(14)18-22-17-10/h2-4,7H,5-6H2,1H3,(H2,14,18)(H,15,19)(H,16,20). The van der Waals surface area contributed by atoms with Gasteiger partial charge in [0.15, 0.2) is 0 Å². The molecule has 1 heterocycles. The molecule has 0 bridgehead atoms. The number of rotatable bonds is 6. The molecule has 2 aromatic rings. The number of nitrogens with zero attached hydrogens (tertiary/aromatic N) is 2. The van der Waals surface area contributed by atoms with E-state index in [1.165, 1.54) is 7.11 Å². The Morgan fingerprint density at radius 1 is 1.23 bits per heavy atom. The van der Waals surface area contributed by atoms with Crippen molar-refractivity contribution in [2.75, 3.05) is 25.9 Å². The number of methoxy groups -OCH3 is 1. The minimum Gasteiger partial charge on any atom is -0.497 e. The molecule has 0 saturated carbocycles. The molecule has 9 nitrogen and oxygen atoms in total. The molecule has 0 spiro atoms. The molecule has 1 aromatic heterocycles. The average molecular weight is 305 g/mol. The number of hydrogen-bond acceptors (Lipinski definition) is 7. The largest absolute Gasteiger partial charge is 0.497 e. The van der Waals surface area contributed by atoms with E-state index in [9.17, 15) is 9.59 Å². The highest BCUT2D eigenvalue weighted by molar-refractivity contribution is 5.96. The summed E-state index contributed by atoms with van der Waals surface area (Å²) in [7, 11) is 1.52. The van der Waals surface area contributed by atoms with Crippen molar-refractivity contribution in [3.63, 3.8) is 0 Å². The Hall–Kier alpha value is -3.10. The van der Waals surface area contributed by atoms with Gasteiger partial charge in [-0.3, -0.25) is 9.59 Å². The molecule has 0 atom stereocenters. The molecular weight excluding hydrogens is 290 g/mol. The van der Waals surface area contributed by atoms with Crippen LogP contribution in [0.5, 0.6) is 5.75 Å². The number of amides is 2. The van der Waals surface area contributed by atoms with Crippen LogP contribution >= 0.6 is 0 Å². The number of carbonyl (C=O) groups is 2. The molecule has 0 aliphatic heterocycles. The summed E-state index contributed by atoms with van der Waals surface area (Å²) in [6, 6.07) is 6.75. The number of nitrogens with two attached hydrogens (primary N) is 1. The van der Waals surface area contributed by atoms with E-state index in [0.29, 0.717) is 11.3 Å². The fourth-order valence-electron chi connectivity index (χ4n) is 1.66. The second kappa shape index (κ2) is 7.07. The number of aromatic nitrogens is 2. The molecule has 0 saturated heterocycles. The maximum absolute atomic E-state index is 11.9. The van der Waals surface area contributed by atoms with E-state index in [1.807, 2.05) is 0 Å². The van der Waals surface area contributed by atoms with Gasteiger partial charge in [0, 0.05) is 18.7 Å². The SMILES string of the molecule is COc1cccc(C(=O)NCCNC(=O)c2nonc2N)c1. The lowest BCUT2D eigenvalue weighted by Gasteiger charge is -2.07. The van der Waals surface area contributed by atoms with Gasteiger partial charge in [-0.15, -0.1) is 0 Å². The maximum atomic E-state index is 11.9. The van der Waals surface area contributed by atoms with Crippen LogP contribution in [-0.2, 0) is 0 Å². The highest BCUT2D eigenvalue weighted by atomic mass is 16.6. The lowest BCUT2D eigenvalue weighted by atomic mass is 10.2. The molecule has 0 fully saturated rings. The Morgan fingerprint density at radius 2 is 1.95 bits per heavy atom. The molecule has 0 aliphatic rings. The summed E-state index contributed by atoms with van der Waals surface area (Å²) in [5.74, 6) is -0.280. The van der Waals surface area contributed by atoms with Crippen molar-refractivity contribution >= 4 is 17.6 Å². The maximum Gasteiger partial charge on any atom is 0.277 e. The predicted octanol–water partition coefficient (Wildman–Crippen LogP) is -0.180. The van der Waals surface area contributed by atoms with E-state index in [-0.39, 0.29) is 30.5 Å². The Morgan fingerprint density at radius 3 is 2.59 bits per heavy atom. The molecule has 4 N–H and O–H groups in total. The van der Waals surface area contributed by atoms with Crippen LogP contribution in [-0.4, -0.2) is 42.3 Å². The molecule has 22 heavy (non-hydrogen) atoms. The number of ether oxygens (including phenoxy) is 1. The fourth-order valence-corrected chi connectivity index (χ4v) is 1.66. The van der Waals surface area contributed by atoms with Gasteiger partial charge in [-0.1, -0.05) is 6.07 Å². The zero-order chi connectivity index (χ0) is 15.9. The van der Waals surface area contributed by atoms with Crippen LogP contribution in [0.25, 0.3) is 0 Å². The monoisotopic (exact) mass is 305 g/mol. The smallest absolute Gasteiger partial charge is 0.277 e. The molecule has 2 amide bonds. The van der Waals surface area contributed by atoms with Crippen LogP contribution in [0.3, 0.4) is 0 Å². The molecule has 2 rings (SSSR count). The first-order valence-corrected chi connectivity index (χ1v) is 6.40. The Balaban J connectivity index is 1.77. The van der Waals surface area contributed by atoms with Gasteiger partial charge >= 0.3 is 0 Å². The fraction of sp³-hybridized carbons (Fsp3) is 0.231. The Bertz CT molecular complexity index is 670. The summed E-state index contributed by atoms with van der Waals surface area (Å²) in [5, 5.41) is 11.9. The zero-order valence-electron chi connectivity index (χ0n) is 11.8. The minimum absolute atomic E-state index is 0.0841. The van der Waals surface area contributed by atoms with Crippen LogP contribution in [0.15, 0.2) is 28.9 Å². The molecule has 0 unspecified atom stereocenters. The molecule has 0 aliphatic carbocycles. The van der Waals surface area contributed by atoms with Crippen molar-refractivity contribution in [2.45, 2.75) is 0 Å². The Kier molecular flexibility index (Phi) is 4.91. The van der Waals surface area contributed by atoms with Crippen molar-refractivity contribution in [3.05, 3.63) is 35.5 Å². The normalized spacial score (nSPS) is 10.0. The molecule has 1 aromatic carbocycles. The van der Waals surface area contributed by atoms with E-state index in [1.54, 1.807) is 24.3 Å². The van der Waals surface area contributed by atoms with Gasteiger partial charge < -0.3 is 21.1 Å². The average Bonchev–Trinajstić information content (AvgIpc) is 2.97. The lowest BCUT2D eigenvalue weighted by Crippen LogP contribution is -2.35. The summed E-state index contributed by atoms with van der Waals surface area (Å²) in [6.45, 7) is 0.452. The number of benzene rings is 1. The molecular formula is C13H15N5O4. The van der Waals surface area contributed by atoms with E-state index >= 15 is 0 Å². The Labute approximate surface area is 125 Å². The summed E-state index contributed by atoms with van der Waals surface area (Å²) in [4.78, 5) is 23.5. The van der Waals surface area contributed by atoms with Crippen molar-refractivity contribution in [3.8, 4) is 5.75 Å². The van der Waals surface area contributed by atoms with Gasteiger partial charge in [-0.05, 0) is 28.5 Å². The third-order valence-corrected chi connectivity index (χ3v) is 2.76. The van der Waals surface area contributed by atoms with E-state index < -0.39 is 5.91 Å². The van der Waals surface area contributed by atoms with Crippen molar-refractivity contribution in [1.82, 2.24) is 20.9 Å². The van der Waals surface area contributed by atoms with Crippen LogP contribution < -0.4 is 21.1 Å². The first-order chi connectivity index (χ1) is 10.6. The van der Waals surface area contributed by atoms with Gasteiger partial charge in [0.05, 0.1) is 7.11 Å². The zero-order valence-corrected chi connectivity index (χ0v) is 11.8. The second-order valence-corrected chi connectivity index (χ2v) is 4.24. The first-order valence-electron chi connectivity index (χ1n) is 6.40. The highest BCUT2D eigenvalue weighted by Crippen LogP contribution is 2.12. The van der Waals surface area contributed by atoms with E-state index in [2.05, 4.69) is 25.6 Å². The number of anilines is 1. The lowest BCUT2D eigenvalue weighted by molar-refractivity contribution is 0.0922. The predicted molar refractivity (Wildman–Crippen MR) is 76.4 cm³/mol. The molecule has 116 valence electrons. The summed E-state index contributed by atoms with van der Waals surface area (Å²) in [6.07, 6.45) is 0. The van der Waals surface area contributed by atoms with E-state index in [0.717, 1.165) is 0 Å². The van der Waals surface area contributed by atoms with E-state index in [4.69, 9.17) is 10.5 Å². The second-order valence-electron chi connectivity index (χ2n) is 4.24. The van der Waals surface area contributed by atoms with Crippen molar-refractivity contribution < 1.29 is 19.0 Å².